The Balaban J connectivity index is 1.34. The number of hydrogen-bond acceptors (Lipinski definition) is 4. The summed E-state index contributed by atoms with van der Waals surface area (Å²) in [4.78, 5) is 29.4. The van der Waals surface area contributed by atoms with Gasteiger partial charge in [0, 0.05) is 18.7 Å². The second-order valence-electron chi connectivity index (χ2n) is 7.61. The van der Waals surface area contributed by atoms with Gasteiger partial charge in [0.25, 0.3) is 5.91 Å². The predicted octanol–water partition coefficient (Wildman–Crippen LogP) is 4.14. The van der Waals surface area contributed by atoms with Crippen molar-refractivity contribution < 1.29 is 14.0 Å². The third-order valence-electron chi connectivity index (χ3n) is 6.00. The molecule has 0 aliphatic carbocycles. The van der Waals surface area contributed by atoms with Crippen LogP contribution in [0.2, 0.25) is 0 Å². The first-order valence-corrected chi connectivity index (χ1v) is 10.9. The SMILES string of the molecule is O=C(c1cccc2ccccc12)N1CCC2(CC1)SCC(=O)N2Cc1ccco1. The van der Waals surface area contributed by atoms with E-state index in [1.165, 1.54) is 0 Å². The van der Waals surface area contributed by atoms with Gasteiger partial charge in [0.15, 0.2) is 0 Å². The standard InChI is InChI=1S/C23H22N2O3S/c26-21-16-29-23(25(21)15-18-7-4-14-28-18)10-12-24(13-11-23)22(27)20-9-3-6-17-5-1-2-8-19(17)20/h1-9,14H,10-13,15-16H2. The number of nitrogens with zero attached hydrogens (tertiary/aromatic N) is 2. The zero-order valence-electron chi connectivity index (χ0n) is 16.0. The van der Waals surface area contributed by atoms with Gasteiger partial charge in [0.1, 0.15) is 5.76 Å². The van der Waals surface area contributed by atoms with Crippen LogP contribution in [0.1, 0.15) is 29.0 Å². The molecule has 1 spiro atoms. The van der Waals surface area contributed by atoms with Gasteiger partial charge in [-0.15, -0.1) is 11.8 Å². The first kappa shape index (κ1) is 18.3. The summed E-state index contributed by atoms with van der Waals surface area (Å²) in [6.07, 6.45) is 3.20. The number of carbonyl (C=O) groups is 2. The van der Waals surface area contributed by atoms with Crippen molar-refractivity contribution in [3.8, 4) is 0 Å². The van der Waals surface area contributed by atoms with E-state index in [-0.39, 0.29) is 16.7 Å². The van der Waals surface area contributed by atoms with Crippen LogP contribution in [0.15, 0.2) is 65.3 Å². The van der Waals surface area contributed by atoms with Crippen LogP contribution in [0, 0.1) is 0 Å². The van der Waals surface area contributed by atoms with E-state index in [2.05, 4.69) is 0 Å². The Labute approximate surface area is 173 Å². The third kappa shape index (κ3) is 3.21. The minimum atomic E-state index is -0.237. The maximum atomic E-state index is 13.2. The van der Waals surface area contributed by atoms with Crippen LogP contribution < -0.4 is 0 Å². The second kappa shape index (κ2) is 7.26. The highest BCUT2D eigenvalue weighted by atomic mass is 32.2. The summed E-state index contributed by atoms with van der Waals surface area (Å²) in [5.41, 5.74) is 0.752. The molecular weight excluding hydrogens is 384 g/mol. The maximum Gasteiger partial charge on any atom is 0.254 e. The molecule has 2 saturated heterocycles. The minimum Gasteiger partial charge on any atom is -0.467 e. The average molecular weight is 407 g/mol. The first-order chi connectivity index (χ1) is 14.2. The Morgan fingerprint density at radius 2 is 1.83 bits per heavy atom. The van der Waals surface area contributed by atoms with Crippen molar-refractivity contribution in [3.63, 3.8) is 0 Å². The van der Waals surface area contributed by atoms with Crippen molar-refractivity contribution >= 4 is 34.3 Å². The minimum absolute atomic E-state index is 0.0727. The molecule has 0 bridgehead atoms. The zero-order chi connectivity index (χ0) is 19.8. The number of furan rings is 1. The molecule has 0 saturated carbocycles. The van der Waals surface area contributed by atoms with Crippen molar-refractivity contribution in [3.05, 3.63) is 72.2 Å². The number of fused-ring (bicyclic) bond motifs is 1. The van der Waals surface area contributed by atoms with Crippen LogP contribution in [-0.2, 0) is 11.3 Å². The summed E-state index contributed by atoms with van der Waals surface area (Å²) in [7, 11) is 0. The van der Waals surface area contributed by atoms with Crippen LogP contribution in [0.3, 0.4) is 0 Å². The Hall–Kier alpha value is -2.73. The van der Waals surface area contributed by atoms with E-state index in [4.69, 9.17) is 4.42 Å². The fourth-order valence-electron chi connectivity index (χ4n) is 4.43. The lowest BCUT2D eigenvalue weighted by molar-refractivity contribution is -0.132. The van der Waals surface area contributed by atoms with Crippen LogP contribution in [-0.4, -0.2) is 45.3 Å². The molecule has 5 nitrogen and oxygen atoms in total. The summed E-state index contributed by atoms with van der Waals surface area (Å²) in [6, 6.07) is 17.6. The molecule has 0 unspecified atom stereocenters. The molecule has 148 valence electrons. The Morgan fingerprint density at radius 1 is 1.03 bits per heavy atom. The van der Waals surface area contributed by atoms with E-state index in [0.717, 1.165) is 34.9 Å². The summed E-state index contributed by atoms with van der Waals surface area (Å²) in [5, 5.41) is 2.07. The molecule has 2 aromatic carbocycles. The summed E-state index contributed by atoms with van der Waals surface area (Å²) < 4.78 is 5.47. The molecule has 2 amide bonds. The molecule has 6 heteroatoms. The molecule has 1 aromatic heterocycles. The Bertz CT molecular complexity index is 1050. The summed E-state index contributed by atoms with van der Waals surface area (Å²) in [6.45, 7) is 1.80. The van der Waals surface area contributed by atoms with Gasteiger partial charge in [-0.3, -0.25) is 9.59 Å². The lowest BCUT2D eigenvalue weighted by Crippen LogP contribution is -2.52. The molecule has 0 radical (unpaired) electrons. The molecule has 0 atom stereocenters. The predicted molar refractivity (Wildman–Crippen MR) is 114 cm³/mol. The number of amides is 2. The monoisotopic (exact) mass is 406 g/mol. The van der Waals surface area contributed by atoms with E-state index in [1.807, 2.05) is 64.4 Å². The van der Waals surface area contributed by atoms with Crippen molar-refractivity contribution in [1.82, 2.24) is 9.80 Å². The largest absolute Gasteiger partial charge is 0.467 e. The van der Waals surface area contributed by atoms with Crippen LogP contribution in [0.5, 0.6) is 0 Å². The number of carbonyl (C=O) groups excluding carboxylic acids is 2. The lowest BCUT2D eigenvalue weighted by Gasteiger charge is -2.43. The van der Waals surface area contributed by atoms with Gasteiger partial charge in [-0.2, -0.15) is 0 Å². The first-order valence-electron chi connectivity index (χ1n) is 9.90. The average Bonchev–Trinajstić information content (AvgIpc) is 3.38. The van der Waals surface area contributed by atoms with Gasteiger partial charge in [-0.05, 0) is 41.8 Å². The Morgan fingerprint density at radius 3 is 2.62 bits per heavy atom. The van der Waals surface area contributed by atoms with Crippen LogP contribution >= 0.6 is 11.8 Å². The maximum absolute atomic E-state index is 13.2. The van der Waals surface area contributed by atoms with Crippen LogP contribution in [0.25, 0.3) is 10.8 Å². The molecule has 3 heterocycles. The van der Waals surface area contributed by atoms with Gasteiger partial charge in [0.2, 0.25) is 5.91 Å². The number of rotatable bonds is 3. The molecule has 2 aliphatic heterocycles. The third-order valence-corrected chi connectivity index (χ3v) is 7.56. The number of likely N-dealkylation sites (tertiary alicyclic amines) is 1. The molecule has 5 rings (SSSR count). The lowest BCUT2D eigenvalue weighted by atomic mass is 9.99. The van der Waals surface area contributed by atoms with Crippen molar-refractivity contribution in [2.45, 2.75) is 24.3 Å². The van der Waals surface area contributed by atoms with Gasteiger partial charge < -0.3 is 14.2 Å². The van der Waals surface area contributed by atoms with Crippen molar-refractivity contribution in [1.29, 1.82) is 0 Å². The fourth-order valence-corrected chi connectivity index (χ4v) is 5.77. The normalized spacial score (nSPS) is 18.7. The van der Waals surface area contributed by atoms with Crippen LogP contribution in [0.4, 0.5) is 0 Å². The quantitative estimate of drug-likeness (QED) is 0.656. The number of hydrogen-bond donors (Lipinski definition) is 0. The molecule has 2 aliphatic rings. The topological polar surface area (TPSA) is 53.8 Å². The molecule has 29 heavy (non-hydrogen) atoms. The summed E-state index contributed by atoms with van der Waals surface area (Å²) in [5.74, 6) is 1.52. The highest BCUT2D eigenvalue weighted by molar-refractivity contribution is 8.01. The van der Waals surface area contributed by atoms with Gasteiger partial charge >= 0.3 is 0 Å². The van der Waals surface area contributed by atoms with Gasteiger partial charge in [0.05, 0.1) is 23.4 Å². The van der Waals surface area contributed by atoms with E-state index < -0.39 is 0 Å². The molecule has 0 N–H and O–H groups in total. The number of piperidine rings is 1. The van der Waals surface area contributed by atoms with E-state index in [9.17, 15) is 9.59 Å². The fraction of sp³-hybridized carbons (Fsp3) is 0.304. The highest BCUT2D eigenvalue weighted by Gasteiger charge is 2.48. The highest BCUT2D eigenvalue weighted by Crippen LogP contribution is 2.45. The Kier molecular flexibility index (Phi) is 4.59. The van der Waals surface area contributed by atoms with Crippen molar-refractivity contribution in [2.75, 3.05) is 18.8 Å². The van der Waals surface area contributed by atoms with E-state index >= 15 is 0 Å². The molecule has 2 fully saturated rings. The van der Waals surface area contributed by atoms with Crippen molar-refractivity contribution in [2.24, 2.45) is 0 Å². The number of thioether (sulfide) groups is 1. The molecule has 3 aromatic rings. The van der Waals surface area contributed by atoms with Gasteiger partial charge in [-0.1, -0.05) is 36.4 Å². The zero-order valence-corrected chi connectivity index (χ0v) is 16.9. The van der Waals surface area contributed by atoms with E-state index in [0.29, 0.717) is 25.4 Å². The number of benzene rings is 2. The van der Waals surface area contributed by atoms with E-state index in [1.54, 1.807) is 18.0 Å². The smallest absolute Gasteiger partial charge is 0.254 e. The van der Waals surface area contributed by atoms with Gasteiger partial charge in [-0.25, -0.2) is 0 Å². The molecular formula is C23H22N2O3S. The summed E-state index contributed by atoms with van der Waals surface area (Å²) >= 11 is 1.71. The second-order valence-corrected chi connectivity index (χ2v) is 8.95.